The van der Waals surface area contributed by atoms with Gasteiger partial charge in [0.05, 0.1) is 5.69 Å². The Kier molecular flexibility index (Phi) is 4.37. The fraction of sp³-hybridized carbons (Fsp3) is 0.200. The molecule has 1 aromatic heterocycles. The number of halogens is 1. The number of hydrogen-bond acceptors (Lipinski definition) is 4. The molecule has 110 valence electrons. The molecule has 21 heavy (non-hydrogen) atoms. The van der Waals surface area contributed by atoms with Gasteiger partial charge in [0, 0.05) is 13.0 Å². The van der Waals surface area contributed by atoms with Crippen molar-refractivity contribution in [3.8, 4) is 5.88 Å². The first-order chi connectivity index (χ1) is 9.95. The summed E-state index contributed by atoms with van der Waals surface area (Å²) in [7, 11) is 0. The Morgan fingerprint density at radius 3 is 2.67 bits per heavy atom. The Balaban J connectivity index is 2.15. The van der Waals surface area contributed by atoms with E-state index >= 15 is 0 Å². The van der Waals surface area contributed by atoms with Crippen LogP contribution in [-0.2, 0) is 11.4 Å². The number of nitrogens with one attached hydrogen (secondary N) is 1. The van der Waals surface area contributed by atoms with E-state index in [1.54, 1.807) is 0 Å². The van der Waals surface area contributed by atoms with Crippen LogP contribution in [0.3, 0.4) is 0 Å². The van der Waals surface area contributed by atoms with E-state index in [0.717, 1.165) is 17.2 Å². The summed E-state index contributed by atoms with van der Waals surface area (Å²) >= 11 is 0. The van der Waals surface area contributed by atoms with Crippen molar-refractivity contribution >= 4 is 17.4 Å². The van der Waals surface area contributed by atoms with E-state index in [2.05, 4.69) is 10.3 Å². The molecule has 1 aromatic carbocycles. The van der Waals surface area contributed by atoms with Crippen LogP contribution in [0.5, 0.6) is 5.88 Å². The zero-order valence-corrected chi connectivity index (χ0v) is 11.8. The lowest BCUT2D eigenvalue weighted by molar-refractivity contribution is -0.114. The number of ether oxygens (including phenoxy) is 1. The van der Waals surface area contributed by atoms with E-state index in [0.29, 0.717) is 0 Å². The average molecular weight is 289 g/mol. The van der Waals surface area contributed by atoms with Gasteiger partial charge in [0.1, 0.15) is 6.61 Å². The summed E-state index contributed by atoms with van der Waals surface area (Å²) in [6, 6.07) is 8.73. The fourth-order valence-electron chi connectivity index (χ4n) is 1.69. The molecule has 0 spiro atoms. The van der Waals surface area contributed by atoms with Crippen LogP contribution in [0, 0.1) is 12.7 Å². The highest BCUT2D eigenvalue weighted by Gasteiger charge is 2.12. The van der Waals surface area contributed by atoms with Crippen LogP contribution >= 0.6 is 0 Å². The largest absolute Gasteiger partial charge is 0.471 e. The molecule has 0 aliphatic carbocycles. The number of carbonyl (C=O) groups excluding carboxylic acids is 1. The molecule has 0 aliphatic rings. The SMILES string of the molecule is CC(=O)Nc1nc(OCc2ccc(C)cc2)c(F)cc1N. The van der Waals surface area contributed by atoms with Gasteiger partial charge >= 0.3 is 0 Å². The van der Waals surface area contributed by atoms with Gasteiger partial charge in [-0.3, -0.25) is 4.79 Å². The molecule has 0 saturated carbocycles. The van der Waals surface area contributed by atoms with E-state index in [9.17, 15) is 9.18 Å². The number of anilines is 2. The molecule has 2 aromatic rings. The van der Waals surface area contributed by atoms with Crippen LogP contribution in [0.4, 0.5) is 15.9 Å². The molecular formula is C15H16FN3O2. The Labute approximate surface area is 121 Å². The van der Waals surface area contributed by atoms with Crippen molar-refractivity contribution in [1.29, 1.82) is 0 Å². The maximum Gasteiger partial charge on any atom is 0.252 e. The first-order valence-corrected chi connectivity index (χ1v) is 6.37. The zero-order chi connectivity index (χ0) is 15.4. The highest BCUT2D eigenvalue weighted by Crippen LogP contribution is 2.24. The summed E-state index contributed by atoms with van der Waals surface area (Å²) in [4.78, 5) is 14.9. The summed E-state index contributed by atoms with van der Waals surface area (Å²) in [5, 5.41) is 2.42. The number of rotatable bonds is 4. The first-order valence-electron chi connectivity index (χ1n) is 6.37. The van der Waals surface area contributed by atoms with Crippen molar-refractivity contribution < 1.29 is 13.9 Å². The summed E-state index contributed by atoms with van der Waals surface area (Å²) in [5.41, 5.74) is 7.65. The smallest absolute Gasteiger partial charge is 0.252 e. The molecule has 0 unspecified atom stereocenters. The van der Waals surface area contributed by atoms with Crippen LogP contribution in [0.2, 0.25) is 0 Å². The number of hydrogen-bond donors (Lipinski definition) is 2. The lowest BCUT2D eigenvalue weighted by atomic mass is 10.2. The Morgan fingerprint density at radius 2 is 2.05 bits per heavy atom. The molecule has 1 heterocycles. The third-order valence-corrected chi connectivity index (χ3v) is 2.76. The van der Waals surface area contributed by atoms with E-state index in [1.807, 2.05) is 31.2 Å². The van der Waals surface area contributed by atoms with Gasteiger partial charge < -0.3 is 15.8 Å². The predicted octanol–water partition coefficient (Wildman–Crippen LogP) is 2.65. The molecule has 0 aliphatic heterocycles. The number of pyridine rings is 1. The summed E-state index contributed by atoms with van der Waals surface area (Å²) in [5.74, 6) is -1.13. The summed E-state index contributed by atoms with van der Waals surface area (Å²) < 4.78 is 19.1. The molecule has 0 atom stereocenters. The van der Waals surface area contributed by atoms with E-state index in [1.165, 1.54) is 6.92 Å². The first kappa shape index (κ1) is 14.8. The second kappa shape index (κ2) is 6.21. The van der Waals surface area contributed by atoms with Crippen molar-refractivity contribution in [1.82, 2.24) is 4.98 Å². The van der Waals surface area contributed by atoms with E-state index < -0.39 is 5.82 Å². The average Bonchev–Trinajstić information content (AvgIpc) is 2.42. The molecule has 5 nitrogen and oxygen atoms in total. The Morgan fingerprint density at radius 1 is 1.38 bits per heavy atom. The van der Waals surface area contributed by atoms with Gasteiger partial charge in [-0.2, -0.15) is 4.98 Å². The second-order valence-electron chi connectivity index (χ2n) is 4.67. The topological polar surface area (TPSA) is 77.2 Å². The fourth-order valence-corrected chi connectivity index (χ4v) is 1.69. The third kappa shape index (κ3) is 3.92. The molecule has 0 fully saturated rings. The highest BCUT2D eigenvalue weighted by molar-refractivity contribution is 5.90. The van der Waals surface area contributed by atoms with Gasteiger partial charge in [-0.15, -0.1) is 0 Å². The molecule has 2 rings (SSSR count). The Hall–Kier alpha value is -2.63. The van der Waals surface area contributed by atoms with Crippen molar-refractivity contribution in [2.24, 2.45) is 0 Å². The standard InChI is InChI=1S/C15H16FN3O2/c1-9-3-5-11(6-4-9)8-21-15-12(16)7-13(17)14(19-15)18-10(2)20/h3-7H,8,17H2,1-2H3,(H,18,19,20). The van der Waals surface area contributed by atoms with E-state index in [-0.39, 0.29) is 29.9 Å². The van der Waals surface area contributed by atoms with Gasteiger partial charge in [0.15, 0.2) is 11.6 Å². The van der Waals surface area contributed by atoms with Gasteiger partial charge in [-0.05, 0) is 12.5 Å². The van der Waals surface area contributed by atoms with Gasteiger partial charge in [0.2, 0.25) is 5.91 Å². The van der Waals surface area contributed by atoms with Gasteiger partial charge in [-0.25, -0.2) is 4.39 Å². The molecule has 0 saturated heterocycles. The highest BCUT2D eigenvalue weighted by atomic mass is 19.1. The lowest BCUT2D eigenvalue weighted by Crippen LogP contribution is -2.11. The number of amides is 1. The third-order valence-electron chi connectivity index (χ3n) is 2.76. The number of aryl methyl sites for hydroxylation is 1. The molecule has 0 radical (unpaired) electrons. The maximum atomic E-state index is 13.8. The van der Waals surface area contributed by atoms with Crippen molar-refractivity contribution in [2.45, 2.75) is 20.5 Å². The molecule has 6 heteroatoms. The minimum absolute atomic E-state index is 0.0467. The summed E-state index contributed by atoms with van der Waals surface area (Å²) in [6.07, 6.45) is 0. The minimum atomic E-state index is -0.672. The normalized spacial score (nSPS) is 10.2. The molecule has 3 N–H and O–H groups in total. The molecule has 0 bridgehead atoms. The number of nitrogen functional groups attached to an aromatic ring is 1. The van der Waals surface area contributed by atoms with Crippen molar-refractivity contribution in [3.05, 3.63) is 47.3 Å². The second-order valence-corrected chi connectivity index (χ2v) is 4.67. The number of benzene rings is 1. The van der Waals surface area contributed by atoms with Crippen molar-refractivity contribution in [3.63, 3.8) is 0 Å². The monoisotopic (exact) mass is 289 g/mol. The number of nitrogens with two attached hydrogens (primary N) is 1. The zero-order valence-electron chi connectivity index (χ0n) is 11.8. The van der Waals surface area contributed by atoms with Crippen LogP contribution in [0.15, 0.2) is 30.3 Å². The minimum Gasteiger partial charge on any atom is -0.471 e. The summed E-state index contributed by atoms with van der Waals surface area (Å²) in [6.45, 7) is 3.47. The van der Waals surface area contributed by atoms with Crippen LogP contribution in [0.1, 0.15) is 18.1 Å². The predicted molar refractivity (Wildman–Crippen MR) is 78.4 cm³/mol. The number of nitrogens with zero attached hydrogens (tertiary/aromatic N) is 1. The quantitative estimate of drug-likeness (QED) is 0.907. The molecule has 1 amide bonds. The molecular weight excluding hydrogens is 273 g/mol. The van der Waals surface area contributed by atoms with Crippen LogP contribution in [0.25, 0.3) is 0 Å². The van der Waals surface area contributed by atoms with E-state index in [4.69, 9.17) is 10.5 Å². The Bertz CT molecular complexity index is 657. The number of carbonyl (C=O) groups is 1. The van der Waals surface area contributed by atoms with Gasteiger partial charge in [-0.1, -0.05) is 29.8 Å². The van der Waals surface area contributed by atoms with Gasteiger partial charge in [0.25, 0.3) is 5.88 Å². The maximum absolute atomic E-state index is 13.8. The van der Waals surface area contributed by atoms with Crippen molar-refractivity contribution in [2.75, 3.05) is 11.1 Å². The van der Waals surface area contributed by atoms with Crippen LogP contribution < -0.4 is 15.8 Å². The lowest BCUT2D eigenvalue weighted by Gasteiger charge is -2.10. The van der Waals surface area contributed by atoms with Crippen LogP contribution in [-0.4, -0.2) is 10.9 Å². The number of aromatic nitrogens is 1.